The number of likely N-dealkylation sites (N-methyl/N-ethyl adjacent to an activating group) is 1. The molecule has 1 saturated heterocycles. The lowest BCUT2D eigenvalue weighted by molar-refractivity contribution is -0.139. The fourth-order valence-electron chi connectivity index (χ4n) is 2.73. The fourth-order valence-corrected chi connectivity index (χ4v) is 2.73. The summed E-state index contributed by atoms with van der Waals surface area (Å²) in [4.78, 5) is 27.3. The van der Waals surface area contributed by atoms with Crippen molar-refractivity contribution >= 4 is 22.8 Å². The van der Waals surface area contributed by atoms with Gasteiger partial charge in [-0.2, -0.15) is 0 Å². The van der Waals surface area contributed by atoms with E-state index in [-0.39, 0.29) is 30.9 Å². The lowest BCUT2D eigenvalue weighted by atomic mass is 10.2. The molecule has 1 aromatic heterocycles. The molecule has 1 atom stereocenters. The molecule has 1 fully saturated rings. The minimum atomic E-state index is -0.0995. The van der Waals surface area contributed by atoms with Crippen LogP contribution in [0, 0.1) is 0 Å². The first-order chi connectivity index (χ1) is 11.0. The second-order valence-corrected chi connectivity index (χ2v) is 5.94. The standard InChI is InChI=1S/C17H21N3O3/c1-12(15-9-13-5-3-4-6-14(13)23-15)19(2)11-17(22)20-8-7-18-16(21)10-20/h3-6,9,12H,7-8,10-11H2,1-2H3,(H,18,21). The van der Waals surface area contributed by atoms with Gasteiger partial charge in [0.25, 0.3) is 0 Å². The number of rotatable bonds is 4. The molecule has 0 saturated carbocycles. The minimum Gasteiger partial charge on any atom is -0.459 e. The molecule has 0 spiro atoms. The number of hydrogen-bond acceptors (Lipinski definition) is 4. The number of benzene rings is 1. The molecule has 1 unspecified atom stereocenters. The summed E-state index contributed by atoms with van der Waals surface area (Å²) in [7, 11) is 1.89. The van der Waals surface area contributed by atoms with E-state index in [0.29, 0.717) is 13.1 Å². The van der Waals surface area contributed by atoms with Gasteiger partial charge in [-0.1, -0.05) is 18.2 Å². The number of carbonyl (C=O) groups is 2. The molecule has 1 N–H and O–H groups in total. The van der Waals surface area contributed by atoms with Gasteiger partial charge in [-0.05, 0) is 26.1 Å². The molecule has 0 bridgehead atoms. The molecule has 3 rings (SSSR count). The van der Waals surface area contributed by atoms with Gasteiger partial charge in [0.15, 0.2) is 0 Å². The van der Waals surface area contributed by atoms with E-state index in [1.807, 2.05) is 49.2 Å². The average molecular weight is 315 g/mol. The van der Waals surface area contributed by atoms with Crippen LogP contribution in [0.25, 0.3) is 11.0 Å². The van der Waals surface area contributed by atoms with E-state index in [0.717, 1.165) is 16.7 Å². The van der Waals surface area contributed by atoms with Crippen LogP contribution in [0.1, 0.15) is 18.7 Å². The van der Waals surface area contributed by atoms with E-state index in [1.54, 1.807) is 4.90 Å². The number of hydrogen-bond donors (Lipinski definition) is 1. The van der Waals surface area contributed by atoms with E-state index < -0.39 is 0 Å². The van der Waals surface area contributed by atoms with E-state index in [9.17, 15) is 9.59 Å². The maximum atomic E-state index is 12.3. The summed E-state index contributed by atoms with van der Waals surface area (Å²) in [6.45, 7) is 3.50. The zero-order chi connectivity index (χ0) is 16.4. The number of piperazine rings is 1. The zero-order valence-corrected chi connectivity index (χ0v) is 13.4. The molecule has 1 aliphatic heterocycles. The van der Waals surface area contributed by atoms with Crippen molar-refractivity contribution in [2.24, 2.45) is 0 Å². The van der Waals surface area contributed by atoms with Gasteiger partial charge in [-0.15, -0.1) is 0 Å². The Balaban J connectivity index is 1.65. The second-order valence-electron chi connectivity index (χ2n) is 5.94. The van der Waals surface area contributed by atoms with E-state index in [1.165, 1.54) is 0 Å². The van der Waals surface area contributed by atoms with Crippen molar-refractivity contribution in [2.75, 3.05) is 33.2 Å². The van der Waals surface area contributed by atoms with Gasteiger partial charge in [-0.25, -0.2) is 0 Å². The largest absolute Gasteiger partial charge is 0.459 e. The Morgan fingerprint density at radius 3 is 2.96 bits per heavy atom. The summed E-state index contributed by atoms with van der Waals surface area (Å²) < 4.78 is 5.86. The number of para-hydroxylation sites is 1. The highest BCUT2D eigenvalue weighted by atomic mass is 16.3. The van der Waals surface area contributed by atoms with Gasteiger partial charge in [-0.3, -0.25) is 14.5 Å². The molecule has 0 radical (unpaired) electrons. The highest BCUT2D eigenvalue weighted by Gasteiger charge is 2.24. The molecule has 122 valence electrons. The average Bonchev–Trinajstić information content (AvgIpc) is 2.98. The first-order valence-electron chi connectivity index (χ1n) is 7.78. The topological polar surface area (TPSA) is 65.8 Å². The minimum absolute atomic E-state index is 0.0232. The Labute approximate surface area is 135 Å². The molecular weight excluding hydrogens is 294 g/mol. The molecule has 2 amide bonds. The van der Waals surface area contributed by atoms with Crippen molar-refractivity contribution in [1.82, 2.24) is 15.1 Å². The highest BCUT2D eigenvalue weighted by molar-refractivity contribution is 5.86. The van der Waals surface area contributed by atoms with E-state index >= 15 is 0 Å². The van der Waals surface area contributed by atoms with E-state index in [2.05, 4.69) is 5.32 Å². The molecule has 1 aliphatic rings. The maximum Gasteiger partial charge on any atom is 0.239 e. The summed E-state index contributed by atoms with van der Waals surface area (Å²) in [5.41, 5.74) is 0.849. The summed E-state index contributed by atoms with van der Waals surface area (Å²) >= 11 is 0. The molecule has 6 heteroatoms. The molecule has 23 heavy (non-hydrogen) atoms. The predicted molar refractivity (Wildman–Crippen MR) is 86.8 cm³/mol. The third-order valence-electron chi connectivity index (χ3n) is 4.29. The van der Waals surface area contributed by atoms with Crippen LogP contribution in [0.5, 0.6) is 0 Å². The molecule has 0 aliphatic carbocycles. The van der Waals surface area contributed by atoms with Crippen molar-refractivity contribution in [2.45, 2.75) is 13.0 Å². The second kappa shape index (κ2) is 6.42. The van der Waals surface area contributed by atoms with Crippen LogP contribution in [0.3, 0.4) is 0 Å². The highest BCUT2D eigenvalue weighted by Crippen LogP contribution is 2.26. The Morgan fingerprint density at radius 2 is 2.22 bits per heavy atom. The van der Waals surface area contributed by atoms with Crippen LogP contribution in [-0.4, -0.2) is 54.8 Å². The Morgan fingerprint density at radius 1 is 1.43 bits per heavy atom. The normalized spacial score (nSPS) is 16.7. The predicted octanol–water partition coefficient (Wildman–Crippen LogP) is 1.38. The smallest absolute Gasteiger partial charge is 0.239 e. The molecule has 2 aromatic rings. The van der Waals surface area contributed by atoms with Gasteiger partial charge >= 0.3 is 0 Å². The summed E-state index contributed by atoms with van der Waals surface area (Å²) in [5.74, 6) is 0.695. The van der Waals surface area contributed by atoms with Crippen LogP contribution >= 0.6 is 0 Å². The molecular formula is C17H21N3O3. The van der Waals surface area contributed by atoms with Crippen molar-refractivity contribution in [3.63, 3.8) is 0 Å². The number of fused-ring (bicyclic) bond motifs is 1. The van der Waals surface area contributed by atoms with Crippen LogP contribution in [0.15, 0.2) is 34.7 Å². The summed E-state index contributed by atoms with van der Waals surface area (Å²) in [5, 5.41) is 3.78. The molecule has 2 heterocycles. The Kier molecular flexibility index (Phi) is 4.34. The van der Waals surface area contributed by atoms with Gasteiger partial charge < -0.3 is 14.6 Å². The van der Waals surface area contributed by atoms with Gasteiger partial charge in [0, 0.05) is 18.5 Å². The fraction of sp³-hybridized carbons (Fsp3) is 0.412. The van der Waals surface area contributed by atoms with Crippen LogP contribution < -0.4 is 5.32 Å². The third-order valence-corrected chi connectivity index (χ3v) is 4.29. The van der Waals surface area contributed by atoms with E-state index in [4.69, 9.17) is 4.42 Å². The Hall–Kier alpha value is -2.34. The van der Waals surface area contributed by atoms with Crippen molar-refractivity contribution in [3.05, 3.63) is 36.1 Å². The maximum absolute atomic E-state index is 12.3. The van der Waals surface area contributed by atoms with Gasteiger partial charge in [0.2, 0.25) is 11.8 Å². The lowest BCUT2D eigenvalue weighted by Gasteiger charge is -2.30. The first kappa shape index (κ1) is 15.6. The van der Waals surface area contributed by atoms with Crippen molar-refractivity contribution in [1.29, 1.82) is 0 Å². The molecule has 6 nitrogen and oxygen atoms in total. The van der Waals surface area contributed by atoms with Crippen molar-refractivity contribution < 1.29 is 14.0 Å². The summed E-state index contributed by atoms with van der Waals surface area (Å²) in [6.07, 6.45) is 0. The van der Waals surface area contributed by atoms with Gasteiger partial charge in [0.1, 0.15) is 11.3 Å². The third kappa shape index (κ3) is 3.37. The van der Waals surface area contributed by atoms with Crippen LogP contribution in [0.2, 0.25) is 0 Å². The number of amides is 2. The van der Waals surface area contributed by atoms with Crippen LogP contribution in [-0.2, 0) is 9.59 Å². The monoisotopic (exact) mass is 315 g/mol. The lowest BCUT2D eigenvalue weighted by Crippen LogP contribution is -2.52. The number of carbonyl (C=O) groups excluding carboxylic acids is 2. The zero-order valence-electron chi connectivity index (χ0n) is 13.4. The quantitative estimate of drug-likeness (QED) is 0.926. The first-order valence-corrected chi connectivity index (χ1v) is 7.78. The SMILES string of the molecule is CC(c1cc2ccccc2o1)N(C)CC(=O)N1CCNC(=O)C1. The summed E-state index contributed by atoms with van der Waals surface area (Å²) in [6, 6.07) is 9.84. The number of furan rings is 1. The molecule has 1 aromatic carbocycles. The van der Waals surface area contributed by atoms with Gasteiger partial charge in [0.05, 0.1) is 19.1 Å². The van der Waals surface area contributed by atoms with Crippen LogP contribution in [0.4, 0.5) is 0 Å². The number of nitrogens with one attached hydrogen (secondary N) is 1. The Bertz CT molecular complexity index is 692. The number of nitrogens with zero attached hydrogens (tertiary/aromatic N) is 2. The van der Waals surface area contributed by atoms with Crippen molar-refractivity contribution in [3.8, 4) is 0 Å².